The molecule has 0 aromatic heterocycles. The van der Waals surface area contributed by atoms with Crippen molar-refractivity contribution in [1.82, 2.24) is 5.32 Å². The topological polar surface area (TPSA) is 21.3 Å². The second-order valence-electron chi connectivity index (χ2n) is 5.19. The van der Waals surface area contributed by atoms with Crippen LogP contribution in [-0.4, -0.2) is 20.2 Å². The quantitative estimate of drug-likeness (QED) is 0.643. The van der Waals surface area contributed by atoms with E-state index in [1.165, 1.54) is 31.2 Å². The second kappa shape index (κ2) is 9.85. The Morgan fingerprint density at radius 2 is 1.95 bits per heavy atom. The SMILES string of the molecule is CCCCCC(CNCC)Cc1ccccc1OC. The van der Waals surface area contributed by atoms with Crippen LogP contribution >= 0.6 is 0 Å². The van der Waals surface area contributed by atoms with Crippen molar-refractivity contribution in [2.45, 2.75) is 46.0 Å². The molecule has 0 aliphatic heterocycles. The van der Waals surface area contributed by atoms with E-state index in [1.807, 2.05) is 6.07 Å². The minimum absolute atomic E-state index is 0.711. The highest BCUT2D eigenvalue weighted by molar-refractivity contribution is 5.33. The van der Waals surface area contributed by atoms with Gasteiger partial charge in [-0.2, -0.15) is 0 Å². The number of rotatable bonds is 10. The predicted molar refractivity (Wildman–Crippen MR) is 82.9 cm³/mol. The molecule has 0 amide bonds. The lowest BCUT2D eigenvalue weighted by Crippen LogP contribution is -2.24. The smallest absolute Gasteiger partial charge is 0.122 e. The largest absolute Gasteiger partial charge is 0.496 e. The molecule has 0 spiro atoms. The summed E-state index contributed by atoms with van der Waals surface area (Å²) in [4.78, 5) is 0. The molecule has 1 N–H and O–H groups in total. The number of para-hydroxylation sites is 1. The number of methoxy groups -OCH3 is 1. The van der Waals surface area contributed by atoms with Crippen molar-refractivity contribution in [3.8, 4) is 5.75 Å². The van der Waals surface area contributed by atoms with Crippen LogP contribution in [0.4, 0.5) is 0 Å². The normalized spacial score (nSPS) is 12.4. The van der Waals surface area contributed by atoms with Crippen LogP contribution in [0.1, 0.15) is 45.1 Å². The molecular weight excluding hydrogens is 234 g/mol. The summed E-state index contributed by atoms with van der Waals surface area (Å²) >= 11 is 0. The Kier molecular flexibility index (Phi) is 8.31. The van der Waals surface area contributed by atoms with Gasteiger partial charge in [0, 0.05) is 0 Å². The van der Waals surface area contributed by atoms with Crippen molar-refractivity contribution in [2.24, 2.45) is 5.92 Å². The van der Waals surface area contributed by atoms with E-state index >= 15 is 0 Å². The maximum absolute atomic E-state index is 5.46. The summed E-state index contributed by atoms with van der Waals surface area (Å²) in [5.74, 6) is 1.74. The van der Waals surface area contributed by atoms with Gasteiger partial charge in [0.25, 0.3) is 0 Å². The van der Waals surface area contributed by atoms with Crippen LogP contribution in [-0.2, 0) is 6.42 Å². The molecule has 1 aromatic rings. The Balaban J connectivity index is 2.58. The first-order valence-electron chi connectivity index (χ1n) is 7.64. The van der Waals surface area contributed by atoms with Crippen molar-refractivity contribution in [1.29, 1.82) is 0 Å². The van der Waals surface area contributed by atoms with Crippen molar-refractivity contribution in [3.05, 3.63) is 29.8 Å². The van der Waals surface area contributed by atoms with Crippen LogP contribution < -0.4 is 10.1 Å². The fourth-order valence-corrected chi connectivity index (χ4v) is 2.49. The molecule has 0 heterocycles. The van der Waals surface area contributed by atoms with E-state index in [9.17, 15) is 0 Å². The molecule has 1 rings (SSSR count). The lowest BCUT2D eigenvalue weighted by Gasteiger charge is -2.18. The molecule has 19 heavy (non-hydrogen) atoms. The third kappa shape index (κ3) is 6.11. The van der Waals surface area contributed by atoms with Gasteiger partial charge in [-0.25, -0.2) is 0 Å². The van der Waals surface area contributed by atoms with Crippen LogP contribution in [0.5, 0.6) is 5.75 Å². The molecule has 108 valence electrons. The van der Waals surface area contributed by atoms with Gasteiger partial charge in [-0.05, 0) is 43.5 Å². The Labute approximate surface area is 118 Å². The van der Waals surface area contributed by atoms with Crippen molar-refractivity contribution in [3.63, 3.8) is 0 Å². The number of ether oxygens (including phenoxy) is 1. The number of hydrogen-bond donors (Lipinski definition) is 1. The zero-order chi connectivity index (χ0) is 13.9. The Morgan fingerprint density at radius 3 is 2.63 bits per heavy atom. The number of nitrogens with one attached hydrogen (secondary N) is 1. The van der Waals surface area contributed by atoms with Crippen LogP contribution in [0, 0.1) is 5.92 Å². The highest BCUT2D eigenvalue weighted by Crippen LogP contribution is 2.23. The van der Waals surface area contributed by atoms with E-state index in [-0.39, 0.29) is 0 Å². The molecule has 0 fully saturated rings. The van der Waals surface area contributed by atoms with E-state index in [1.54, 1.807) is 7.11 Å². The van der Waals surface area contributed by atoms with Gasteiger partial charge in [0.2, 0.25) is 0 Å². The first kappa shape index (κ1) is 16.0. The molecule has 2 heteroatoms. The van der Waals surface area contributed by atoms with Crippen LogP contribution in [0.15, 0.2) is 24.3 Å². The van der Waals surface area contributed by atoms with Crippen LogP contribution in [0.25, 0.3) is 0 Å². The average Bonchev–Trinajstić information content (AvgIpc) is 2.45. The summed E-state index contributed by atoms with van der Waals surface area (Å²) in [6.07, 6.45) is 6.39. The van der Waals surface area contributed by atoms with Gasteiger partial charge in [-0.15, -0.1) is 0 Å². The Hall–Kier alpha value is -1.02. The Bertz CT molecular complexity index is 338. The summed E-state index contributed by atoms with van der Waals surface area (Å²) in [5.41, 5.74) is 1.34. The van der Waals surface area contributed by atoms with Gasteiger partial charge >= 0.3 is 0 Å². The first-order chi connectivity index (χ1) is 9.31. The molecule has 0 saturated carbocycles. The number of benzene rings is 1. The fraction of sp³-hybridized carbons (Fsp3) is 0.647. The number of hydrogen-bond acceptors (Lipinski definition) is 2. The number of unbranched alkanes of at least 4 members (excludes halogenated alkanes) is 2. The molecule has 1 atom stereocenters. The van der Waals surface area contributed by atoms with E-state index < -0.39 is 0 Å². The summed E-state index contributed by atoms with van der Waals surface area (Å²) < 4.78 is 5.46. The van der Waals surface area contributed by atoms with Crippen molar-refractivity contribution >= 4 is 0 Å². The lowest BCUT2D eigenvalue weighted by molar-refractivity contribution is 0.392. The maximum Gasteiger partial charge on any atom is 0.122 e. The summed E-state index contributed by atoms with van der Waals surface area (Å²) in [6, 6.07) is 8.40. The summed E-state index contributed by atoms with van der Waals surface area (Å²) in [5, 5.41) is 3.49. The molecular formula is C17H29NO. The zero-order valence-electron chi connectivity index (χ0n) is 12.7. The third-order valence-corrected chi connectivity index (χ3v) is 3.60. The fourth-order valence-electron chi connectivity index (χ4n) is 2.49. The standard InChI is InChI=1S/C17H29NO/c1-4-6-7-10-15(14-18-5-2)13-16-11-8-9-12-17(16)19-3/h8-9,11-12,15,18H,4-7,10,13-14H2,1-3H3. The van der Waals surface area contributed by atoms with Gasteiger partial charge in [0.15, 0.2) is 0 Å². The predicted octanol–water partition coefficient (Wildman–Crippen LogP) is 4.04. The van der Waals surface area contributed by atoms with Gasteiger partial charge in [-0.3, -0.25) is 0 Å². The third-order valence-electron chi connectivity index (χ3n) is 3.60. The molecule has 1 aromatic carbocycles. The van der Waals surface area contributed by atoms with Gasteiger partial charge in [0.05, 0.1) is 7.11 Å². The molecule has 0 bridgehead atoms. The monoisotopic (exact) mass is 263 g/mol. The van der Waals surface area contributed by atoms with E-state index in [0.29, 0.717) is 5.92 Å². The summed E-state index contributed by atoms with van der Waals surface area (Å²) in [6.45, 7) is 6.60. The van der Waals surface area contributed by atoms with E-state index in [4.69, 9.17) is 4.74 Å². The van der Waals surface area contributed by atoms with Gasteiger partial charge < -0.3 is 10.1 Å². The molecule has 1 unspecified atom stereocenters. The molecule has 0 saturated heterocycles. The van der Waals surface area contributed by atoms with Gasteiger partial charge in [-0.1, -0.05) is 51.3 Å². The molecule has 0 aliphatic carbocycles. The minimum Gasteiger partial charge on any atom is -0.496 e. The van der Waals surface area contributed by atoms with E-state index in [0.717, 1.165) is 25.3 Å². The summed E-state index contributed by atoms with van der Waals surface area (Å²) in [7, 11) is 1.76. The Morgan fingerprint density at radius 1 is 1.16 bits per heavy atom. The second-order valence-corrected chi connectivity index (χ2v) is 5.19. The average molecular weight is 263 g/mol. The van der Waals surface area contributed by atoms with Crippen LogP contribution in [0.2, 0.25) is 0 Å². The van der Waals surface area contributed by atoms with Gasteiger partial charge in [0.1, 0.15) is 5.75 Å². The molecule has 0 radical (unpaired) electrons. The van der Waals surface area contributed by atoms with Crippen molar-refractivity contribution < 1.29 is 4.74 Å². The van der Waals surface area contributed by atoms with Crippen molar-refractivity contribution in [2.75, 3.05) is 20.2 Å². The highest BCUT2D eigenvalue weighted by Gasteiger charge is 2.12. The molecule has 0 aliphatic rings. The lowest BCUT2D eigenvalue weighted by atomic mass is 9.93. The van der Waals surface area contributed by atoms with Crippen LogP contribution in [0.3, 0.4) is 0 Å². The minimum atomic E-state index is 0.711. The zero-order valence-corrected chi connectivity index (χ0v) is 12.7. The first-order valence-corrected chi connectivity index (χ1v) is 7.64. The molecule has 2 nitrogen and oxygen atoms in total. The highest BCUT2D eigenvalue weighted by atomic mass is 16.5. The maximum atomic E-state index is 5.46. The van der Waals surface area contributed by atoms with E-state index in [2.05, 4.69) is 37.4 Å².